The van der Waals surface area contributed by atoms with E-state index in [2.05, 4.69) is 5.32 Å². The quantitative estimate of drug-likeness (QED) is 0.342. The van der Waals surface area contributed by atoms with Crippen molar-refractivity contribution in [2.45, 2.75) is 13.3 Å². The number of nitrogens with zero attached hydrogens (tertiary/aromatic N) is 1. The number of nitrogens with one attached hydrogen (secondary N) is 1. The Balaban J connectivity index is 2.72. The predicted octanol–water partition coefficient (Wildman–Crippen LogP) is 1.92. The fourth-order valence-corrected chi connectivity index (χ4v) is 1.76. The average molecular weight is 316 g/mol. The molecule has 0 radical (unpaired) electrons. The molecule has 0 atom stereocenters. The number of amides is 1. The summed E-state index contributed by atoms with van der Waals surface area (Å²) in [6.45, 7) is 3.02. The third-order valence-electron chi connectivity index (χ3n) is 2.91. The van der Waals surface area contributed by atoms with Crippen LogP contribution in [0.2, 0.25) is 0 Å². The van der Waals surface area contributed by atoms with Gasteiger partial charge in [-0.2, -0.15) is 5.26 Å². The number of hydrogen-bond donors (Lipinski definition) is 1. The second kappa shape index (κ2) is 10.1. The van der Waals surface area contributed by atoms with Crippen molar-refractivity contribution in [1.82, 2.24) is 5.32 Å². The van der Waals surface area contributed by atoms with Gasteiger partial charge in [0, 0.05) is 20.3 Å². The molecule has 23 heavy (non-hydrogen) atoms. The fourth-order valence-electron chi connectivity index (χ4n) is 1.76. The predicted molar refractivity (Wildman–Crippen MR) is 85.5 cm³/mol. The third kappa shape index (κ3) is 6.32. The Kier molecular flexibility index (Phi) is 8.11. The van der Waals surface area contributed by atoms with Gasteiger partial charge in [-0.1, -0.05) is 12.1 Å². The monoisotopic (exact) mass is 316 g/mol. The first-order valence-electron chi connectivity index (χ1n) is 7.28. The van der Waals surface area contributed by atoms with Crippen LogP contribution in [0.4, 0.5) is 0 Å². The number of carbonyl (C=O) groups is 2. The van der Waals surface area contributed by atoms with Gasteiger partial charge in [0.1, 0.15) is 11.6 Å². The van der Waals surface area contributed by atoms with Crippen LogP contribution in [0.1, 0.15) is 29.3 Å². The van der Waals surface area contributed by atoms with Crippen molar-refractivity contribution in [3.63, 3.8) is 0 Å². The molecule has 0 aromatic heterocycles. The van der Waals surface area contributed by atoms with E-state index < -0.39 is 11.9 Å². The molecular formula is C17H20N2O4. The van der Waals surface area contributed by atoms with Crippen LogP contribution in [0.3, 0.4) is 0 Å². The SMILES string of the molecule is CCOC(=O)c1ccc(/C=C(\C#N)C(=O)NCCCOC)cc1. The van der Waals surface area contributed by atoms with Crippen LogP contribution in [0.25, 0.3) is 6.08 Å². The zero-order valence-electron chi connectivity index (χ0n) is 13.3. The summed E-state index contributed by atoms with van der Waals surface area (Å²) in [4.78, 5) is 23.4. The number of carbonyl (C=O) groups excluding carboxylic acids is 2. The van der Waals surface area contributed by atoms with Crippen LogP contribution in [-0.2, 0) is 14.3 Å². The molecular weight excluding hydrogens is 296 g/mol. The fraction of sp³-hybridized carbons (Fsp3) is 0.353. The van der Waals surface area contributed by atoms with E-state index in [1.807, 2.05) is 6.07 Å². The number of benzene rings is 1. The summed E-state index contributed by atoms with van der Waals surface area (Å²) in [5.41, 5.74) is 1.08. The van der Waals surface area contributed by atoms with Crippen molar-refractivity contribution in [2.24, 2.45) is 0 Å². The van der Waals surface area contributed by atoms with Crippen molar-refractivity contribution < 1.29 is 19.1 Å². The summed E-state index contributed by atoms with van der Waals surface area (Å²) in [5.74, 6) is -0.836. The Hall–Kier alpha value is -2.65. The Labute approximate surface area is 135 Å². The summed E-state index contributed by atoms with van der Waals surface area (Å²) in [5, 5.41) is 11.7. The zero-order valence-corrected chi connectivity index (χ0v) is 13.3. The lowest BCUT2D eigenvalue weighted by molar-refractivity contribution is -0.117. The van der Waals surface area contributed by atoms with Crippen molar-refractivity contribution in [1.29, 1.82) is 5.26 Å². The second-order valence-corrected chi connectivity index (χ2v) is 4.61. The highest BCUT2D eigenvalue weighted by atomic mass is 16.5. The molecule has 6 nitrogen and oxygen atoms in total. The molecule has 1 amide bonds. The largest absolute Gasteiger partial charge is 0.462 e. The smallest absolute Gasteiger partial charge is 0.338 e. The van der Waals surface area contributed by atoms with Crippen molar-refractivity contribution >= 4 is 18.0 Å². The minimum atomic E-state index is -0.432. The van der Waals surface area contributed by atoms with Gasteiger partial charge in [-0.15, -0.1) is 0 Å². The lowest BCUT2D eigenvalue weighted by Crippen LogP contribution is -2.26. The first-order valence-corrected chi connectivity index (χ1v) is 7.28. The van der Waals surface area contributed by atoms with E-state index in [4.69, 9.17) is 14.7 Å². The van der Waals surface area contributed by atoms with Crippen LogP contribution < -0.4 is 5.32 Å². The van der Waals surface area contributed by atoms with Crippen molar-refractivity contribution in [3.05, 3.63) is 41.0 Å². The average Bonchev–Trinajstić information content (AvgIpc) is 2.57. The highest BCUT2D eigenvalue weighted by molar-refractivity contribution is 6.01. The van der Waals surface area contributed by atoms with E-state index in [-0.39, 0.29) is 5.57 Å². The number of methoxy groups -OCH3 is 1. The molecule has 0 fully saturated rings. The molecule has 1 rings (SSSR count). The van der Waals surface area contributed by atoms with Gasteiger partial charge in [0.05, 0.1) is 12.2 Å². The summed E-state index contributed by atoms with van der Waals surface area (Å²) in [6.07, 6.45) is 2.15. The van der Waals surface area contributed by atoms with Gasteiger partial charge in [-0.3, -0.25) is 4.79 Å². The van der Waals surface area contributed by atoms with E-state index in [1.54, 1.807) is 38.3 Å². The molecule has 0 aliphatic carbocycles. The van der Waals surface area contributed by atoms with Crippen LogP contribution in [0, 0.1) is 11.3 Å². The molecule has 0 aliphatic heterocycles. The standard InChI is InChI=1S/C17H20N2O4/c1-3-23-17(21)14-7-5-13(6-8-14)11-15(12-18)16(20)19-9-4-10-22-2/h5-8,11H,3-4,9-10H2,1-2H3,(H,19,20)/b15-11+. The van der Waals surface area contributed by atoms with Gasteiger partial charge < -0.3 is 14.8 Å². The van der Waals surface area contributed by atoms with Gasteiger partial charge >= 0.3 is 5.97 Å². The first kappa shape index (κ1) is 18.4. The first-order chi connectivity index (χ1) is 11.1. The van der Waals surface area contributed by atoms with Gasteiger partial charge in [0.25, 0.3) is 5.91 Å². The minimum absolute atomic E-state index is 0.00583. The highest BCUT2D eigenvalue weighted by Gasteiger charge is 2.09. The van der Waals surface area contributed by atoms with Gasteiger partial charge in [-0.05, 0) is 37.1 Å². The number of ether oxygens (including phenoxy) is 2. The lowest BCUT2D eigenvalue weighted by Gasteiger charge is -2.04. The lowest BCUT2D eigenvalue weighted by atomic mass is 10.1. The van der Waals surface area contributed by atoms with E-state index in [9.17, 15) is 9.59 Å². The van der Waals surface area contributed by atoms with Gasteiger partial charge in [-0.25, -0.2) is 4.79 Å². The van der Waals surface area contributed by atoms with Crippen LogP contribution in [0.5, 0.6) is 0 Å². The summed E-state index contributed by atoms with van der Waals surface area (Å²) >= 11 is 0. The highest BCUT2D eigenvalue weighted by Crippen LogP contribution is 2.10. The molecule has 1 aromatic rings. The van der Waals surface area contributed by atoms with Crippen molar-refractivity contribution in [3.8, 4) is 6.07 Å². The topological polar surface area (TPSA) is 88.4 Å². The molecule has 0 unspecified atom stereocenters. The Morgan fingerprint density at radius 1 is 1.30 bits per heavy atom. The van der Waals surface area contributed by atoms with Crippen LogP contribution in [-0.4, -0.2) is 38.7 Å². The summed E-state index contributed by atoms with van der Waals surface area (Å²) < 4.78 is 9.78. The normalized spacial score (nSPS) is 10.7. The summed E-state index contributed by atoms with van der Waals surface area (Å²) in [6, 6.07) is 8.37. The molecule has 6 heteroatoms. The van der Waals surface area contributed by atoms with Gasteiger partial charge in [0.2, 0.25) is 0 Å². The minimum Gasteiger partial charge on any atom is -0.462 e. The number of rotatable bonds is 8. The molecule has 0 saturated carbocycles. The molecule has 0 heterocycles. The molecule has 1 aromatic carbocycles. The molecule has 122 valence electrons. The maximum Gasteiger partial charge on any atom is 0.338 e. The van der Waals surface area contributed by atoms with E-state index in [1.165, 1.54) is 6.08 Å². The van der Waals surface area contributed by atoms with E-state index in [0.717, 1.165) is 0 Å². The molecule has 0 spiro atoms. The van der Waals surface area contributed by atoms with E-state index >= 15 is 0 Å². The Bertz CT molecular complexity index is 600. The third-order valence-corrected chi connectivity index (χ3v) is 2.91. The Morgan fingerprint density at radius 2 is 2.00 bits per heavy atom. The zero-order chi connectivity index (χ0) is 17.1. The number of hydrogen-bond acceptors (Lipinski definition) is 5. The Morgan fingerprint density at radius 3 is 2.57 bits per heavy atom. The van der Waals surface area contributed by atoms with E-state index in [0.29, 0.717) is 37.3 Å². The molecule has 1 N–H and O–H groups in total. The van der Waals surface area contributed by atoms with Crippen LogP contribution >= 0.6 is 0 Å². The maximum absolute atomic E-state index is 11.9. The van der Waals surface area contributed by atoms with Gasteiger partial charge in [0.15, 0.2) is 0 Å². The van der Waals surface area contributed by atoms with Crippen LogP contribution in [0.15, 0.2) is 29.8 Å². The molecule has 0 aliphatic rings. The second-order valence-electron chi connectivity index (χ2n) is 4.61. The number of nitriles is 1. The molecule has 0 bridgehead atoms. The van der Waals surface area contributed by atoms with Crippen molar-refractivity contribution in [2.75, 3.05) is 26.9 Å². The maximum atomic E-state index is 11.9. The summed E-state index contributed by atoms with van der Waals surface area (Å²) in [7, 11) is 1.59. The number of esters is 1. The molecule has 0 saturated heterocycles.